The summed E-state index contributed by atoms with van der Waals surface area (Å²) >= 11 is 0. The summed E-state index contributed by atoms with van der Waals surface area (Å²) < 4.78 is 48.8. The van der Waals surface area contributed by atoms with Crippen LogP contribution in [0.1, 0.15) is 17.5 Å². The van der Waals surface area contributed by atoms with Crippen LogP contribution in [0.25, 0.3) is 33.2 Å². The Bertz CT molecular complexity index is 1460. The Kier molecular flexibility index (Phi) is 6.56. The molecule has 2 atom stereocenters. The summed E-state index contributed by atoms with van der Waals surface area (Å²) in [5.74, 6) is -2.76. The molecule has 2 heterocycles. The summed E-state index contributed by atoms with van der Waals surface area (Å²) in [6.07, 6.45) is 2.18. The molecule has 1 aliphatic heterocycles. The minimum atomic E-state index is -1.03. The zero-order valence-corrected chi connectivity index (χ0v) is 20.9. The molecule has 3 N–H and O–H groups in total. The van der Waals surface area contributed by atoms with Gasteiger partial charge in [0, 0.05) is 55.0 Å². The zero-order valence-electron chi connectivity index (χ0n) is 20.9. The summed E-state index contributed by atoms with van der Waals surface area (Å²) in [6.45, 7) is 4.45. The SMILES string of the molecule is CO[C@@H]1CN(c2c(-c3cc(C)cc(F)c3)cnc3ccc(-c4c(C)c(F)cc(F)c4O)cc23)CC[C@H]1N. The molecule has 0 aliphatic carbocycles. The van der Waals surface area contributed by atoms with E-state index in [2.05, 4.69) is 9.88 Å². The zero-order chi connectivity index (χ0) is 26.4. The van der Waals surface area contributed by atoms with Crippen molar-refractivity contribution in [3.63, 3.8) is 0 Å². The third-order valence-electron chi connectivity index (χ3n) is 7.16. The van der Waals surface area contributed by atoms with Crippen molar-refractivity contribution in [1.29, 1.82) is 0 Å². The first kappa shape index (κ1) is 25.0. The van der Waals surface area contributed by atoms with Crippen LogP contribution in [0.3, 0.4) is 0 Å². The topological polar surface area (TPSA) is 71.6 Å². The van der Waals surface area contributed by atoms with Crippen LogP contribution in [0.4, 0.5) is 18.9 Å². The number of pyridine rings is 1. The number of aromatic nitrogens is 1. The number of halogens is 3. The number of fused-ring (bicyclic) bond motifs is 1. The number of methoxy groups -OCH3 is 1. The first-order valence-electron chi connectivity index (χ1n) is 12.1. The van der Waals surface area contributed by atoms with E-state index in [1.165, 1.54) is 19.1 Å². The average molecular weight is 508 g/mol. The van der Waals surface area contributed by atoms with Gasteiger partial charge in [0.25, 0.3) is 0 Å². The number of aryl methyl sites for hydroxylation is 1. The van der Waals surface area contributed by atoms with Crippen molar-refractivity contribution in [1.82, 2.24) is 4.98 Å². The van der Waals surface area contributed by atoms with Crippen molar-refractivity contribution in [3.05, 3.63) is 77.2 Å². The Morgan fingerprint density at radius 3 is 2.54 bits per heavy atom. The van der Waals surface area contributed by atoms with Crippen LogP contribution in [0.2, 0.25) is 0 Å². The van der Waals surface area contributed by atoms with Gasteiger partial charge in [-0.3, -0.25) is 4.98 Å². The third-order valence-corrected chi connectivity index (χ3v) is 7.16. The number of anilines is 1. The molecule has 1 aromatic heterocycles. The van der Waals surface area contributed by atoms with Gasteiger partial charge in [-0.1, -0.05) is 12.1 Å². The number of hydrogen-bond acceptors (Lipinski definition) is 5. The fourth-order valence-electron chi connectivity index (χ4n) is 5.22. The van der Waals surface area contributed by atoms with Gasteiger partial charge in [0.05, 0.1) is 17.3 Å². The standard InChI is InChI=1S/C29H28F3N3O2/c1-15-8-18(10-19(30)9-15)21-13-34-25-5-4-17(27-16(2)22(31)12-23(32)29(27)36)11-20(25)28(21)35-7-6-24(33)26(14-35)37-3/h4-5,8-13,24,26,36H,6-7,14,33H2,1-3H3/t24-,26-/m1/s1. The van der Waals surface area contributed by atoms with Crippen molar-refractivity contribution in [3.8, 4) is 28.0 Å². The molecule has 1 fully saturated rings. The van der Waals surface area contributed by atoms with E-state index < -0.39 is 17.4 Å². The number of rotatable bonds is 4. The van der Waals surface area contributed by atoms with Crippen LogP contribution < -0.4 is 10.6 Å². The van der Waals surface area contributed by atoms with Crippen molar-refractivity contribution < 1.29 is 23.0 Å². The number of phenols is 1. The van der Waals surface area contributed by atoms with Gasteiger partial charge in [0.2, 0.25) is 0 Å². The minimum Gasteiger partial charge on any atom is -0.504 e. The lowest BCUT2D eigenvalue weighted by molar-refractivity contribution is 0.0731. The van der Waals surface area contributed by atoms with E-state index in [-0.39, 0.29) is 29.1 Å². The van der Waals surface area contributed by atoms with Crippen LogP contribution >= 0.6 is 0 Å². The highest BCUT2D eigenvalue weighted by Crippen LogP contribution is 2.42. The lowest BCUT2D eigenvalue weighted by atomic mass is 9.93. The molecule has 0 amide bonds. The number of piperidine rings is 1. The number of benzene rings is 3. The normalized spacial score (nSPS) is 18.0. The number of nitrogens with two attached hydrogens (primary N) is 1. The highest BCUT2D eigenvalue weighted by atomic mass is 19.1. The van der Waals surface area contributed by atoms with Gasteiger partial charge in [-0.25, -0.2) is 13.2 Å². The number of aromatic hydroxyl groups is 1. The van der Waals surface area contributed by atoms with Crippen molar-refractivity contribution in [2.75, 3.05) is 25.1 Å². The van der Waals surface area contributed by atoms with E-state index in [0.29, 0.717) is 53.2 Å². The number of ether oxygens (including phenoxy) is 1. The fraction of sp³-hybridized carbons (Fsp3) is 0.276. The van der Waals surface area contributed by atoms with Crippen LogP contribution in [0.15, 0.2) is 48.7 Å². The van der Waals surface area contributed by atoms with Gasteiger partial charge in [-0.15, -0.1) is 0 Å². The van der Waals surface area contributed by atoms with E-state index in [1.807, 2.05) is 13.0 Å². The molecule has 1 saturated heterocycles. The Morgan fingerprint density at radius 2 is 1.81 bits per heavy atom. The quantitative estimate of drug-likeness (QED) is 0.362. The first-order valence-corrected chi connectivity index (χ1v) is 12.1. The Balaban J connectivity index is 1.79. The smallest absolute Gasteiger partial charge is 0.168 e. The second-order valence-electron chi connectivity index (χ2n) is 9.63. The molecule has 5 rings (SSSR count). The van der Waals surface area contributed by atoms with Crippen LogP contribution in [-0.2, 0) is 4.74 Å². The van der Waals surface area contributed by atoms with E-state index >= 15 is 0 Å². The van der Waals surface area contributed by atoms with Crippen molar-refractivity contribution >= 4 is 16.6 Å². The van der Waals surface area contributed by atoms with E-state index in [4.69, 9.17) is 10.5 Å². The molecule has 0 unspecified atom stereocenters. The largest absolute Gasteiger partial charge is 0.504 e. The number of hydrogen-bond donors (Lipinski definition) is 2. The second kappa shape index (κ2) is 9.68. The average Bonchev–Trinajstić information content (AvgIpc) is 2.87. The number of phenolic OH excluding ortho intramolecular Hbond substituents is 1. The number of nitrogens with zero attached hydrogens (tertiary/aromatic N) is 2. The summed E-state index contributed by atoms with van der Waals surface area (Å²) in [5, 5.41) is 11.2. The third kappa shape index (κ3) is 4.51. The van der Waals surface area contributed by atoms with Crippen LogP contribution in [0, 0.1) is 31.3 Å². The molecule has 1 aliphatic rings. The lowest BCUT2D eigenvalue weighted by Gasteiger charge is -2.38. The summed E-state index contributed by atoms with van der Waals surface area (Å²) in [6, 6.07) is 10.6. The van der Waals surface area contributed by atoms with Gasteiger partial charge < -0.3 is 20.5 Å². The maximum atomic E-state index is 14.4. The predicted octanol–water partition coefficient (Wildman–Crippen LogP) is 5.86. The Hall–Kier alpha value is -3.62. The molecule has 0 spiro atoms. The highest BCUT2D eigenvalue weighted by molar-refractivity contribution is 6.02. The molecular formula is C29H28F3N3O2. The summed E-state index contributed by atoms with van der Waals surface area (Å²) in [5.41, 5.74) is 10.5. The molecule has 4 aromatic rings. The highest BCUT2D eigenvalue weighted by Gasteiger charge is 2.29. The van der Waals surface area contributed by atoms with E-state index in [1.54, 1.807) is 31.5 Å². The predicted molar refractivity (Wildman–Crippen MR) is 139 cm³/mol. The maximum absolute atomic E-state index is 14.4. The molecule has 37 heavy (non-hydrogen) atoms. The van der Waals surface area contributed by atoms with E-state index in [0.717, 1.165) is 11.3 Å². The lowest BCUT2D eigenvalue weighted by Crippen LogP contribution is -2.51. The molecule has 5 nitrogen and oxygen atoms in total. The molecule has 0 saturated carbocycles. The molecule has 0 radical (unpaired) electrons. The second-order valence-corrected chi connectivity index (χ2v) is 9.63. The molecule has 3 aromatic carbocycles. The maximum Gasteiger partial charge on any atom is 0.168 e. The Morgan fingerprint density at radius 1 is 1.03 bits per heavy atom. The monoisotopic (exact) mass is 507 g/mol. The van der Waals surface area contributed by atoms with Crippen molar-refractivity contribution in [2.45, 2.75) is 32.4 Å². The molecule has 0 bridgehead atoms. The summed E-state index contributed by atoms with van der Waals surface area (Å²) in [7, 11) is 1.62. The molecule has 192 valence electrons. The summed E-state index contributed by atoms with van der Waals surface area (Å²) in [4.78, 5) is 6.76. The van der Waals surface area contributed by atoms with Gasteiger partial charge in [0.15, 0.2) is 11.6 Å². The van der Waals surface area contributed by atoms with Gasteiger partial charge >= 0.3 is 0 Å². The first-order chi connectivity index (χ1) is 17.7. The Labute approximate surface area is 213 Å². The molecule has 8 heteroatoms. The van der Waals surface area contributed by atoms with Gasteiger partial charge in [-0.2, -0.15) is 0 Å². The minimum absolute atomic E-state index is 0.0767. The van der Waals surface area contributed by atoms with E-state index in [9.17, 15) is 18.3 Å². The fourth-order valence-corrected chi connectivity index (χ4v) is 5.22. The van der Waals surface area contributed by atoms with Crippen LogP contribution in [0.5, 0.6) is 5.75 Å². The van der Waals surface area contributed by atoms with Crippen molar-refractivity contribution in [2.24, 2.45) is 5.73 Å². The van der Waals surface area contributed by atoms with Crippen LogP contribution in [-0.4, -0.2) is 42.4 Å². The molecular weight excluding hydrogens is 479 g/mol. The van der Waals surface area contributed by atoms with Gasteiger partial charge in [-0.05, 0) is 66.8 Å². The van der Waals surface area contributed by atoms with Gasteiger partial charge in [0.1, 0.15) is 11.6 Å².